The predicted molar refractivity (Wildman–Crippen MR) is 67.9 cm³/mol. The van der Waals surface area contributed by atoms with Crippen LogP contribution in [0.15, 0.2) is 30.3 Å². The van der Waals surface area contributed by atoms with Gasteiger partial charge in [0.25, 0.3) is 0 Å². The molecule has 1 aliphatic rings. The second kappa shape index (κ2) is 6.15. The van der Waals surface area contributed by atoms with Crippen LogP contribution in [0.5, 0.6) is 0 Å². The maximum atomic E-state index is 10.5. The quantitative estimate of drug-likeness (QED) is 0.845. The number of aliphatic hydroxyl groups excluding tert-OH is 1. The number of ether oxygens (including phenoxy) is 1. The lowest BCUT2D eigenvalue weighted by molar-refractivity contribution is 0.0116. The fourth-order valence-corrected chi connectivity index (χ4v) is 2.51. The first-order valence-corrected chi connectivity index (χ1v) is 6.29. The number of methoxy groups -OCH3 is 1. The summed E-state index contributed by atoms with van der Waals surface area (Å²) in [6.45, 7) is 2.71. The molecule has 3 heteroatoms. The zero-order chi connectivity index (χ0) is 12.1. The molecule has 1 heterocycles. The highest BCUT2D eigenvalue weighted by Gasteiger charge is 2.28. The van der Waals surface area contributed by atoms with Gasteiger partial charge in [-0.15, -0.1) is 0 Å². The third-order valence-corrected chi connectivity index (χ3v) is 3.45. The first kappa shape index (κ1) is 12.6. The summed E-state index contributed by atoms with van der Waals surface area (Å²) < 4.78 is 5.26. The zero-order valence-electron chi connectivity index (χ0n) is 10.4. The van der Waals surface area contributed by atoms with E-state index in [9.17, 15) is 5.11 Å². The van der Waals surface area contributed by atoms with Crippen LogP contribution in [-0.4, -0.2) is 42.9 Å². The molecular weight excluding hydrogens is 214 g/mol. The summed E-state index contributed by atoms with van der Waals surface area (Å²) in [7, 11) is 1.70. The number of hydrogen-bond donors (Lipinski definition) is 1. The van der Waals surface area contributed by atoms with Crippen molar-refractivity contribution < 1.29 is 9.84 Å². The average Bonchev–Trinajstić information content (AvgIpc) is 2.90. The minimum absolute atomic E-state index is 0.0740. The Morgan fingerprint density at radius 3 is 2.47 bits per heavy atom. The van der Waals surface area contributed by atoms with Crippen LogP contribution in [0.1, 0.15) is 24.5 Å². The molecule has 2 atom stereocenters. The Labute approximate surface area is 103 Å². The van der Waals surface area contributed by atoms with Gasteiger partial charge in [-0.3, -0.25) is 4.90 Å². The summed E-state index contributed by atoms with van der Waals surface area (Å²) in [6, 6.07) is 9.92. The van der Waals surface area contributed by atoms with Crippen molar-refractivity contribution >= 4 is 0 Å². The highest BCUT2D eigenvalue weighted by molar-refractivity contribution is 5.19. The molecule has 0 unspecified atom stereocenters. The maximum absolute atomic E-state index is 10.5. The van der Waals surface area contributed by atoms with Gasteiger partial charge in [-0.2, -0.15) is 0 Å². The van der Waals surface area contributed by atoms with Crippen LogP contribution in [0.4, 0.5) is 0 Å². The second-order valence-electron chi connectivity index (χ2n) is 4.62. The van der Waals surface area contributed by atoms with Crippen molar-refractivity contribution in [1.29, 1.82) is 0 Å². The normalized spacial score (nSPS) is 20.4. The summed E-state index contributed by atoms with van der Waals surface area (Å²) in [5, 5.41) is 10.5. The summed E-state index contributed by atoms with van der Waals surface area (Å²) in [5.41, 5.74) is 0.974. The van der Waals surface area contributed by atoms with Gasteiger partial charge >= 0.3 is 0 Å². The topological polar surface area (TPSA) is 32.7 Å². The molecule has 3 nitrogen and oxygen atoms in total. The van der Waals surface area contributed by atoms with E-state index in [1.54, 1.807) is 7.11 Å². The lowest BCUT2D eigenvalue weighted by atomic mass is 10.0. The molecular formula is C14H21NO2. The van der Waals surface area contributed by atoms with Gasteiger partial charge in [0.05, 0.1) is 18.8 Å². The Kier molecular flexibility index (Phi) is 4.54. The molecule has 1 N–H and O–H groups in total. The standard InChI is InChI=1S/C14H21NO2/c1-17-11-13(15-9-5-6-10-15)14(16)12-7-3-2-4-8-12/h2-4,7-8,13-14,16H,5-6,9-11H2,1H3/t13-,14-/m0/s1. The van der Waals surface area contributed by atoms with Crippen molar-refractivity contribution in [2.45, 2.75) is 25.0 Å². The van der Waals surface area contributed by atoms with Crippen molar-refractivity contribution in [3.63, 3.8) is 0 Å². The van der Waals surface area contributed by atoms with E-state index in [2.05, 4.69) is 4.90 Å². The molecule has 1 saturated heterocycles. The van der Waals surface area contributed by atoms with Crippen molar-refractivity contribution in [2.24, 2.45) is 0 Å². The van der Waals surface area contributed by atoms with Gasteiger partial charge in [-0.05, 0) is 31.5 Å². The van der Waals surface area contributed by atoms with Crippen LogP contribution in [0.3, 0.4) is 0 Å². The number of benzene rings is 1. The smallest absolute Gasteiger partial charge is 0.0967 e. The van der Waals surface area contributed by atoms with Gasteiger partial charge in [0.2, 0.25) is 0 Å². The van der Waals surface area contributed by atoms with Crippen LogP contribution < -0.4 is 0 Å². The molecule has 2 rings (SSSR count). The van der Waals surface area contributed by atoms with E-state index < -0.39 is 6.10 Å². The van der Waals surface area contributed by atoms with Gasteiger partial charge in [-0.25, -0.2) is 0 Å². The fraction of sp³-hybridized carbons (Fsp3) is 0.571. The summed E-state index contributed by atoms with van der Waals surface area (Å²) in [5.74, 6) is 0. The largest absolute Gasteiger partial charge is 0.387 e. The van der Waals surface area contributed by atoms with Gasteiger partial charge < -0.3 is 9.84 Å². The SMILES string of the molecule is COC[C@@H]([C@@H](O)c1ccccc1)N1CCCC1. The van der Waals surface area contributed by atoms with Crippen LogP contribution in [-0.2, 0) is 4.74 Å². The summed E-state index contributed by atoms with van der Waals surface area (Å²) in [6.07, 6.45) is 1.98. The Morgan fingerprint density at radius 1 is 1.24 bits per heavy atom. The van der Waals surface area contributed by atoms with E-state index in [-0.39, 0.29) is 6.04 Å². The third-order valence-electron chi connectivity index (χ3n) is 3.45. The van der Waals surface area contributed by atoms with Crippen molar-refractivity contribution in [1.82, 2.24) is 4.90 Å². The lowest BCUT2D eigenvalue weighted by Crippen LogP contribution is -2.41. The number of rotatable bonds is 5. The van der Waals surface area contributed by atoms with Crippen LogP contribution in [0.25, 0.3) is 0 Å². The Morgan fingerprint density at radius 2 is 1.88 bits per heavy atom. The van der Waals surface area contributed by atoms with E-state index in [4.69, 9.17) is 4.74 Å². The predicted octanol–water partition coefficient (Wildman–Crippen LogP) is 1.83. The molecule has 17 heavy (non-hydrogen) atoms. The Bertz CT molecular complexity index is 322. The Hall–Kier alpha value is -0.900. The first-order valence-electron chi connectivity index (χ1n) is 6.29. The molecule has 1 fully saturated rings. The van der Waals surface area contributed by atoms with Crippen molar-refractivity contribution in [2.75, 3.05) is 26.8 Å². The molecule has 1 aliphatic heterocycles. The number of hydrogen-bond acceptors (Lipinski definition) is 3. The molecule has 0 bridgehead atoms. The molecule has 1 aromatic carbocycles. The number of likely N-dealkylation sites (tertiary alicyclic amines) is 1. The Balaban J connectivity index is 2.09. The molecule has 0 saturated carbocycles. The van der Waals surface area contributed by atoms with E-state index in [1.807, 2.05) is 30.3 Å². The number of nitrogens with zero attached hydrogens (tertiary/aromatic N) is 1. The fourth-order valence-electron chi connectivity index (χ4n) is 2.51. The summed E-state index contributed by atoms with van der Waals surface area (Å²) >= 11 is 0. The second-order valence-corrected chi connectivity index (χ2v) is 4.62. The maximum Gasteiger partial charge on any atom is 0.0967 e. The van der Waals surface area contributed by atoms with Gasteiger partial charge in [-0.1, -0.05) is 30.3 Å². The van der Waals surface area contributed by atoms with Gasteiger partial charge in [0.1, 0.15) is 0 Å². The molecule has 0 aromatic heterocycles. The monoisotopic (exact) mass is 235 g/mol. The molecule has 1 aromatic rings. The van der Waals surface area contributed by atoms with Gasteiger partial charge in [0, 0.05) is 7.11 Å². The molecule has 0 spiro atoms. The highest BCUT2D eigenvalue weighted by atomic mass is 16.5. The van der Waals surface area contributed by atoms with Gasteiger partial charge in [0.15, 0.2) is 0 Å². The van der Waals surface area contributed by atoms with Crippen LogP contribution in [0.2, 0.25) is 0 Å². The minimum Gasteiger partial charge on any atom is -0.387 e. The zero-order valence-corrected chi connectivity index (χ0v) is 10.4. The molecule has 94 valence electrons. The highest BCUT2D eigenvalue weighted by Crippen LogP contribution is 2.24. The van der Waals surface area contributed by atoms with E-state index in [0.717, 1.165) is 18.7 Å². The van der Waals surface area contributed by atoms with E-state index in [1.165, 1.54) is 12.8 Å². The van der Waals surface area contributed by atoms with E-state index >= 15 is 0 Å². The van der Waals surface area contributed by atoms with Crippen molar-refractivity contribution in [3.8, 4) is 0 Å². The third kappa shape index (κ3) is 3.06. The lowest BCUT2D eigenvalue weighted by Gasteiger charge is -2.31. The molecule has 0 radical (unpaired) electrons. The van der Waals surface area contributed by atoms with Crippen molar-refractivity contribution in [3.05, 3.63) is 35.9 Å². The van der Waals surface area contributed by atoms with Crippen LogP contribution in [0, 0.1) is 0 Å². The summed E-state index contributed by atoms with van der Waals surface area (Å²) in [4.78, 5) is 2.33. The van der Waals surface area contributed by atoms with Crippen LogP contribution >= 0.6 is 0 Å². The first-order chi connectivity index (χ1) is 8.33. The number of aliphatic hydroxyl groups is 1. The minimum atomic E-state index is -0.464. The molecule has 0 amide bonds. The average molecular weight is 235 g/mol. The molecule has 0 aliphatic carbocycles. The van der Waals surface area contributed by atoms with E-state index in [0.29, 0.717) is 6.61 Å².